The zero-order valence-corrected chi connectivity index (χ0v) is 19.3. The lowest BCUT2D eigenvalue weighted by Crippen LogP contribution is -2.41. The highest BCUT2D eigenvalue weighted by Crippen LogP contribution is 2.34. The molecule has 1 aliphatic rings. The molecule has 1 N–H and O–H groups in total. The Morgan fingerprint density at radius 1 is 1.09 bits per heavy atom. The van der Waals surface area contributed by atoms with E-state index in [9.17, 15) is 4.79 Å². The van der Waals surface area contributed by atoms with Gasteiger partial charge in [-0.3, -0.25) is 0 Å². The molecule has 0 radical (unpaired) electrons. The number of rotatable bonds is 3. The van der Waals surface area contributed by atoms with E-state index in [2.05, 4.69) is 41.2 Å². The minimum absolute atomic E-state index is 0.00714. The number of nitrogens with one attached hydrogen (secondary N) is 1. The number of ether oxygens (including phenoxy) is 1. The number of fused-ring (bicyclic) bond motifs is 2. The van der Waals surface area contributed by atoms with Gasteiger partial charge in [-0.25, -0.2) is 9.78 Å². The first-order valence-electron chi connectivity index (χ1n) is 11.2. The molecule has 6 heteroatoms. The molecule has 3 aromatic carbocycles. The fourth-order valence-corrected chi connectivity index (χ4v) is 4.53. The van der Waals surface area contributed by atoms with Gasteiger partial charge in [-0.15, -0.1) is 0 Å². The van der Waals surface area contributed by atoms with Crippen LogP contribution in [0.3, 0.4) is 0 Å². The van der Waals surface area contributed by atoms with Crippen molar-refractivity contribution in [2.75, 3.05) is 20.2 Å². The number of hydrogen-bond donors (Lipinski definition) is 1. The average molecular weight is 441 g/mol. The topological polar surface area (TPSA) is 61.5 Å². The van der Waals surface area contributed by atoms with Crippen LogP contribution in [0.2, 0.25) is 0 Å². The van der Waals surface area contributed by atoms with Crippen molar-refractivity contribution in [1.82, 2.24) is 19.8 Å². The van der Waals surface area contributed by atoms with Crippen LogP contribution < -0.4 is 4.74 Å². The summed E-state index contributed by atoms with van der Waals surface area (Å²) in [5, 5.41) is 0. The summed E-state index contributed by atoms with van der Waals surface area (Å²) in [6, 6.07) is 20.6. The number of aromatic amines is 1. The van der Waals surface area contributed by atoms with E-state index in [1.54, 1.807) is 4.90 Å². The molecule has 1 aromatic heterocycles. The number of imidazole rings is 1. The highest BCUT2D eigenvalue weighted by atomic mass is 16.5. The first-order valence-corrected chi connectivity index (χ1v) is 11.2. The van der Waals surface area contributed by atoms with Gasteiger partial charge >= 0.3 is 6.03 Å². The molecule has 0 bridgehead atoms. The fraction of sp³-hybridized carbons (Fsp3) is 0.259. The molecule has 5 rings (SSSR count). The molecule has 0 spiro atoms. The molecule has 0 atom stereocenters. The van der Waals surface area contributed by atoms with E-state index in [4.69, 9.17) is 4.74 Å². The van der Waals surface area contributed by atoms with Gasteiger partial charge in [0.15, 0.2) is 0 Å². The van der Waals surface area contributed by atoms with Crippen molar-refractivity contribution in [1.29, 1.82) is 0 Å². The Morgan fingerprint density at radius 3 is 2.73 bits per heavy atom. The number of amides is 2. The Morgan fingerprint density at radius 2 is 1.91 bits per heavy atom. The predicted molar refractivity (Wildman–Crippen MR) is 130 cm³/mol. The van der Waals surface area contributed by atoms with Gasteiger partial charge in [0.2, 0.25) is 0 Å². The minimum Gasteiger partial charge on any atom is -0.491 e. The smallest absolute Gasteiger partial charge is 0.320 e. The molecule has 6 nitrogen and oxygen atoms in total. The molecule has 0 unspecified atom stereocenters. The van der Waals surface area contributed by atoms with Crippen LogP contribution in [0.5, 0.6) is 5.75 Å². The van der Waals surface area contributed by atoms with Crippen LogP contribution in [-0.4, -0.2) is 46.0 Å². The number of nitrogens with zero attached hydrogens (tertiary/aromatic N) is 3. The van der Waals surface area contributed by atoms with Crippen molar-refractivity contribution in [3.8, 4) is 16.9 Å². The van der Waals surface area contributed by atoms with Crippen LogP contribution in [0.25, 0.3) is 22.2 Å². The number of H-pyrrole nitrogens is 1. The summed E-state index contributed by atoms with van der Waals surface area (Å²) in [5.74, 6) is 1.79. The van der Waals surface area contributed by atoms with Gasteiger partial charge in [0, 0.05) is 19.2 Å². The number of hydrogen-bond acceptors (Lipinski definition) is 3. The van der Waals surface area contributed by atoms with Gasteiger partial charge < -0.3 is 19.5 Å². The Bertz CT molecular complexity index is 1310. The van der Waals surface area contributed by atoms with E-state index in [0.717, 1.165) is 50.4 Å². The number of carbonyl (C=O) groups excluding carboxylic acids is 1. The Hall–Kier alpha value is -3.80. The monoisotopic (exact) mass is 440 g/mol. The van der Waals surface area contributed by atoms with Crippen molar-refractivity contribution in [3.63, 3.8) is 0 Å². The predicted octanol–water partition coefficient (Wildman–Crippen LogP) is 5.29. The maximum Gasteiger partial charge on any atom is 0.320 e. The normalized spacial score (nSPS) is 13.4. The second-order valence-corrected chi connectivity index (χ2v) is 8.73. The van der Waals surface area contributed by atoms with Gasteiger partial charge in [-0.1, -0.05) is 36.4 Å². The molecule has 2 heterocycles. The summed E-state index contributed by atoms with van der Waals surface area (Å²) in [6.07, 6.45) is 0. The number of aryl methyl sites for hydroxylation is 2. The van der Waals surface area contributed by atoms with Gasteiger partial charge in [-0.05, 0) is 60.4 Å². The highest BCUT2D eigenvalue weighted by molar-refractivity contribution is 5.82. The Balaban J connectivity index is 1.42. The number of benzene rings is 3. The number of aromatic nitrogens is 2. The molecule has 2 amide bonds. The number of carbonyl (C=O) groups is 1. The number of urea groups is 1. The van der Waals surface area contributed by atoms with E-state index < -0.39 is 0 Å². The summed E-state index contributed by atoms with van der Waals surface area (Å²) in [6.45, 7) is 6.17. The SMILES string of the molecule is Cc1nc2ccc(-c3cc(C)c4c(c3)CN(C(=O)N(C)Cc3ccccc3)CCO4)cc2[nH]1. The van der Waals surface area contributed by atoms with Crippen molar-refractivity contribution in [2.45, 2.75) is 26.9 Å². The molecule has 0 aliphatic carbocycles. The minimum atomic E-state index is 0.00714. The third-order valence-electron chi connectivity index (χ3n) is 6.11. The van der Waals surface area contributed by atoms with Crippen molar-refractivity contribution in [3.05, 3.63) is 83.2 Å². The van der Waals surface area contributed by atoms with Crippen LogP contribution >= 0.6 is 0 Å². The Labute approximate surface area is 193 Å². The molecule has 168 valence electrons. The van der Waals surface area contributed by atoms with Crippen LogP contribution in [0, 0.1) is 13.8 Å². The quantitative estimate of drug-likeness (QED) is 0.471. The van der Waals surface area contributed by atoms with E-state index in [-0.39, 0.29) is 6.03 Å². The molecule has 0 saturated heterocycles. The van der Waals surface area contributed by atoms with Crippen molar-refractivity contribution in [2.24, 2.45) is 0 Å². The molecule has 0 fully saturated rings. The van der Waals surface area contributed by atoms with E-state index in [1.165, 1.54) is 0 Å². The second-order valence-electron chi connectivity index (χ2n) is 8.73. The first kappa shape index (κ1) is 21.1. The highest BCUT2D eigenvalue weighted by Gasteiger charge is 2.24. The molecule has 4 aromatic rings. The second kappa shape index (κ2) is 8.62. The first-order chi connectivity index (χ1) is 16.0. The van der Waals surface area contributed by atoms with Crippen molar-refractivity contribution < 1.29 is 9.53 Å². The fourth-order valence-electron chi connectivity index (χ4n) is 4.53. The van der Waals surface area contributed by atoms with Crippen LogP contribution in [0.1, 0.15) is 22.5 Å². The summed E-state index contributed by atoms with van der Waals surface area (Å²) < 4.78 is 6.09. The third kappa shape index (κ3) is 4.29. The van der Waals surface area contributed by atoms with Crippen LogP contribution in [-0.2, 0) is 13.1 Å². The summed E-state index contributed by atoms with van der Waals surface area (Å²) in [5.41, 5.74) is 7.43. The zero-order chi connectivity index (χ0) is 22.9. The summed E-state index contributed by atoms with van der Waals surface area (Å²) in [4.78, 5) is 24.7. The lowest BCUT2D eigenvalue weighted by Gasteiger charge is -2.27. The van der Waals surface area contributed by atoms with Gasteiger partial charge in [-0.2, -0.15) is 0 Å². The van der Waals surface area contributed by atoms with Gasteiger partial charge in [0.25, 0.3) is 0 Å². The van der Waals surface area contributed by atoms with Gasteiger partial charge in [0.1, 0.15) is 18.2 Å². The lowest BCUT2D eigenvalue weighted by molar-refractivity contribution is 0.153. The molecule has 0 saturated carbocycles. The van der Waals surface area contributed by atoms with Crippen LogP contribution in [0.4, 0.5) is 4.79 Å². The maximum atomic E-state index is 13.2. The van der Waals surface area contributed by atoms with Crippen molar-refractivity contribution >= 4 is 17.1 Å². The maximum absolute atomic E-state index is 13.2. The molecule has 33 heavy (non-hydrogen) atoms. The zero-order valence-electron chi connectivity index (χ0n) is 19.3. The van der Waals surface area contributed by atoms with E-state index in [1.807, 2.05) is 55.3 Å². The Kier molecular flexibility index (Phi) is 5.50. The third-order valence-corrected chi connectivity index (χ3v) is 6.11. The van der Waals surface area contributed by atoms with E-state index >= 15 is 0 Å². The standard InChI is InChI=1S/C27H28N4O2/c1-18-13-22(21-9-10-24-25(15-21)29-19(2)28-24)14-23-17-31(11-12-33-26(18)23)27(32)30(3)16-20-7-5-4-6-8-20/h4-10,13-15H,11-12,16-17H2,1-3H3,(H,28,29). The van der Waals surface area contributed by atoms with Crippen LogP contribution in [0.15, 0.2) is 60.7 Å². The van der Waals surface area contributed by atoms with E-state index in [0.29, 0.717) is 26.2 Å². The molecular formula is C27H28N4O2. The molecule has 1 aliphatic heterocycles. The summed E-state index contributed by atoms with van der Waals surface area (Å²) in [7, 11) is 1.85. The lowest BCUT2D eigenvalue weighted by atomic mass is 9.98. The summed E-state index contributed by atoms with van der Waals surface area (Å²) >= 11 is 0. The molecular weight excluding hydrogens is 412 g/mol. The largest absolute Gasteiger partial charge is 0.491 e. The van der Waals surface area contributed by atoms with Gasteiger partial charge in [0.05, 0.1) is 24.1 Å². The average Bonchev–Trinajstić information content (AvgIpc) is 3.04.